The molecule has 0 nitrogen and oxygen atoms in total. The van der Waals surface area contributed by atoms with Gasteiger partial charge in [-0.2, -0.15) is 0 Å². The first kappa shape index (κ1) is 15.4. The largest absolute Gasteiger partial charge is 0.121 e. The third kappa shape index (κ3) is 4.00. The summed E-state index contributed by atoms with van der Waals surface area (Å²) < 4.78 is 0. The normalized spacial score (nSPS) is 11.7. The van der Waals surface area contributed by atoms with Crippen LogP contribution < -0.4 is 5.19 Å². The fourth-order valence-corrected chi connectivity index (χ4v) is 4.37. The van der Waals surface area contributed by atoms with E-state index in [1.807, 2.05) is 11.8 Å². The van der Waals surface area contributed by atoms with Crippen molar-refractivity contribution in [3.8, 4) is 0 Å². The van der Waals surface area contributed by atoms with Gasteiger partial charge in [-0.3, -0.25) is 0 Å². The molecule has 0 unspecified atom stereocenters. The third-order valence-corrected chi connectivity index (χ3v) is 6.85. The maximum Gasteiger partial charge on any atom is 0.0775 e. The van der Waals surface area contributed by atoms with E-state index in [0.29, 0.717) is 0 Å². The van der Waals surface area contributed by atoms with Crippen molar-refractivity contribution in [1.82, 2.24) is 0 Å². The summed E-state index contributed by atoms with van der Waals surface area (Å²) in [7, 11) is -1.17. The van der Waals surface area contributed by atoms with Gasteiger partial charge in [0.25, 0.3) is 0 Å². The van der Waals surface area contributed by atoms with Crippen molar-refractivity contribution in [3.63, 3.8) is 0 Å². The van der Waals surface area contributed by atoms with Gasteiger partial charge in [-0.05, 0) is 31.0 Å². The van der Waals surface area contributed by atoms with Crippen molar-refractivity contribution in [1.29, 1.82) is 0 Å². The number of hydrogen-bond acceptors (Lipinski definition) is 1. The van der Waals surface area contributed by atoms with E-state index in [-0.39, 0.29) is 0 Å². The lowest BCUT2D eigenvalue weighted by molar-refractivity contribution is 1.25. The summed E-state index contributed by atoms with van der Waals surface area (Å²) in [6, 6.07) is 15.9. The number of hydrogen-bond donors (Lipinski definition) is 0. The van der Waals surface area contributed by atoms with Crippen molar-refractivity contribution in [3.05, 3.63) is 59.2 Å². The van der Waals surface area contributed by atoms with Crippen molar-refractivity contribution in [2.75, 3.05) is 0 Å². The molecule has 0 heterocycles. The Bertz CT molecular complexity index is 579. The van der Waals surface area contributed by atoms with Crippen molar-refractivity contribution >= 4 is 25.0 Å². The minimum absolute atomic E-state index is 1.05. The van der Waals surface area contributed by atoms with E-state index in [1.165, 1.54) is 26.8 Å². The molecule has 0 aliphatic rings. The molecule has 0 N–H and O–H groups in total. The average molecular weight is 301 g/mol. The average Bonchev–Trinajstić information content (AvgIpc) is 2.39. The topological polar surface area (TPSA) is 0 Å². The van der Waals surface area contributed by atoms with E-state index < -0.39 is 8.07 Å². The maximum atomic E-state index is 2.40. The molecule has 106 valence electrons. The van der Waals surface area contributed by atoms with Crippen LogP contribution >= 0.6 is 11.8 Å². The van der Waals surface area contributed by atoms with E-state index in [4.69, 9.17) is 0 Å². The second kappa shape index (κ2) is 6.19. The zero-order valence-corrected chi connectivity index (χ0v) is 15.0. The Balaban J connectivity index is 2.06. The summed E-state index contributed by atoms with van der Waals surface area (Å²) in [6.45, 7) is 11.5. The van der Waals surface area contributed by atoms with E-state index in [9.17, 15) is 0 Å². The van der Waals surface area contributed by atoms with Gasteiger partial charge in [-0.1, -0.05) is 66.8 Å². The van der Waals surface area contributed by atoms with Crippen molar-refractivity contribution in [2.24, 2.45) is 0 Å². The first-order chi connectivity index (χ1) is 9.36. The Morgan fingerprint density at radius 3 is 2.15 bits per heavy atom. The van der Waals surface area contributed by atoms with E-state index in [0.717, 1.165) is 5.75 Å². The molecule has 0 saturated heterocycles. The molecular formula is C18H24SSi. The van der Waals surface area contributed by atoms with Crippen LogP contribution in [0.2, 0.25) is 19.6 Å². The number of rotatable bonds is 4. The highest BCUT2D eigenvalue weighted by molar-refractivity contribution is 7.98. The van der Waals surface area contributed by atoms with Crippen LogP contribution in [-0.2, 0) is 5.75 Å². The zero-order chi connectivity index (χ0) is 14.8. The molecular weight excluding hydrogens is 276 g/mol. The molecule has 0 saturated carbocycles. The predicted octanol–water partition coefficient (Wildman–Crippen LogP) is 5.14. The number of thioether (sulfide) groups is 1. The summed E-state index contributed by atoms with van der Waals surface area (Å²) in [4.78, 5) is 1.40. The minimum Gasteiger partial charge on any atom is -0.121 e. The lowest BCUT2D eigenvalue weighted by atomic mass is 10.2. The Morgan fingerprint density at radius 2 is 1.55 bits per heavy atom. The molecule has 0 bridgehead atoms. The van der Waals surface area contributed by atoms with Gasteiger partial charge in [0, 0.05) is 10.6 Å². The van der Waals surface area contributed by atoms with Crippen LogP contribution in [0.25, 0.3) is 0 Å². The highest BCUT2D eigenvalue weighted by Gasteiger charge is 2.15. The summed E-state index contributed by atoms with van der Waals surface area (Å²) in [5, 5.41) is 1.54. The Hall–Kier alpha value is -0.993. The van der Waals surface area contributed by atoms with E-state index >= 15 is 0 Å². The quantitative estimate of drug-likeness (QED) is 0.556. The Labute approximate surface area is 128 Å². The second-order valence-electron chi connectivity index (χ2n) is 6.50. The molecule has 2 aromatic rings. The molecule has 0 aliphatic carbocycles. The van der Waals surface area contributed by atoms with Crippen LogP contribution in [-0.4, -0.2) is 8.07 Å². The van der Waals surface area contributed by atoms with Crippen LogP contribution in [0.15, 0.2) is 47.4 Å². The van der Waals surface area contributed by atoms with E-state index in [2.05, 4.69) is 76.0 Å². The highest BCUT2D eigenvalue weighted by atomic mass is 32.2. The molecule has 2 rings (SSSR count). The Morgan fingerprint density at radius 1 is 0.900 bits per heavy atom. The lowest BCUT2D eigenvalue weighted by Gasteiger charge is -2.16. The first-order valence-electron chi connectivity index (χ1n) is 7.16. The number of benzene rings is 2. The summed E-state index contributed by atoms with van der Waals surface area (Å²) >= 11 is 1.94. The molecule has 0 radical (unpaired) electrons. The molecule has 0 aromatic heterocycles. The molecule has 0 amide bonds. The summed E-state index contributed by atoms with van der Waals surface area (Å²) in [6.07, 6.45) is 0. The van der Waals surface area contributed by atoms with Gasteiger partial charge in [-0.15, -0.1) is 11.8 Å². The van der Waals surface area contributed by atoms with Crippen LogP contribution in [0, 0.1) is 13.8 Å². The first-order valence-corrected chi connectivity index (χ1v) is 11.6. The fraction of sp³-hybridized carbons (Fsp3) is 0.333. The van der Waals surface area contributed by atoms with Gasteiger partial charge in [-0.25, -0.2) is 0 Å². The van der Waals surface area contributed by atoms with Crippen LogP contribution in [0.1, 0.15) is 16.7 Å². The highest BCUT2D eigenvalue weighted by Crippen LogP contribution is 2.26. The number of aryl methyl sites for hydroxylation is 2. The van der Waals surface area contributed by atoms with Gasteiger partial charge in [0.15, 0.2) is 0 Å². The third-order valence-electron chi connectivity index (χ3n) is 3.56. The molecule has 0 spiro atoms. The van der Waals surface area contributed by atoms with Gasteiger partial charge in [0.05, 0.1) is 8.07 Å². The van der Waals surface area contributed by atoms with Crippen LogP contribution in [0.3, 0.4) is 0 Å². The van der Waals surface area contributed by atoms with Gasteiger partial charge >= 0.3 is 0 Å². The zero-order valence-electron chi connectivity index (χ0n) is 13.2. The maximum absolute atomic E-state index is 2.40. The van der Waals surface area contributed by atoms with Crippen molar-refractivity contribution in [2.45, 2.75) is 44.1 Å². The van der Waals surface area contributed by atoms with Crippen molar-refractivity contribution < 1.29 is 0 Å². The van der Waals surface area contributed by atoms with Crippen LogP contribution in [0.4, 0.5) is 0 Å². The fourth-order valence-electron chi connectivity index (χ4n) is 2.12. The molecule has 20 heavy (non-hydrogen) atoms. The summed E-state index contributed by atoms with van der Waals surface area (Å²) in [5.74, 6) is 1.05. The second-order valence-corrected chi connectivity index (χ2v) is 12.6. The molecule has 0 aliphatic heterocycles. The molecule has 0 fully saturated rings. The lowest BCUT2D eigenvalue weighted by Crippen LogP contribution is -2.37. The van der Waals surface area contributed by atoms with Gasteiger partial charge < -0.3 is 0 Å². The molecule has 2 heteroatoms. The van der Waals surface area contributed by atoms with Crippen LogP contribution in [0.5, 0.6) is 0 Å². The standard InChI is InChI=1S/C18H24SSi/c1-14-6-7-15(2)18(12-14)19-13-16-8-10-17(11-9-16)20(3,4)5/h6-12H,13H2,1-5H3. The molecule has 0 atom stereocenters. The van der Waals surface area contributed by atoms with E-state index in [1.54, 1.807) is 0 Å². The minimum atomic E-state index is -1.17. The summed E-state index contributed by atoms with van der Waals surface area (Å²) in [5.41, 5.74) is 4.13. The molecule has 2 aromatic carbocycles. The Kier molecular flexibility index (Phi) is 4.77. The van der Waals surface area contributed by atoms with Gasteiger partial charge in [0.1, 0.15) is 0 Å². The predicted molar refractivity (Wildman–Crippen MR) is 94.9 cm³/mol. The monoisotopic (exact) mass is 300 g/mol. The SMILES string of the molecule is Cc1ccc(C)c(SCc2ccc([Si](C)(C)C)cc2)c1. The van der Waals surface area contributed by atoms with Gasteiger partial charge in [0.2, 0.25) is 0 Å². The smallest absolute Gasteiger partial charge is 0.0775 e.